The number of anilines is 1. The van der Waals surface area contributed by atoms with E-state index in [1.807, 2.05) is 0 Å². The number of aromatic nitrogens is 2. The van der Waals surface area contributed by atoms with Crippen LogP contribution >= 0.6 is 0 Å². The van der Waals surface area contributed by atoms with E-state index in [-0.39, 0.29) is 48.7 Å². The number of nitrogens with one attached hydrogen (secondary N) is 2. The Bertz CT molecular complexity index is 1460. The molecule has 0 atom stereocenters. The first-order chi connectivity index (χ1) is 18.0. The normalized spacial score (nSPS) is 16.7. The second-order valence-corrected chi connectivity index (χ2v) is 9.33. The number of fused-ring (bicyclic) bond motifs is 3. The number of carbonyl (C=O) groups is 4. The van der Waals surface area contributed by atoms with E-state index in [4.69, 9.17) is 0 Å². The number of benzene rings is 2. The van der Waals surface area contributed by atoms with Crippen molar-refractivity contribution in [3.63, 3.8) is 0 Å². The number of aromatic carboxylic acids is 1. The Balaban J connectivity index is 1.41. The third-order valence-electron chi connectivity index (χ3n) is 7.08. The minimum atomic E-state index is -4.62. The van der Waals surface area contributed by atoms with E-state index in [0.29, 0.717) is 5.56 Å². The second kappa shape index (κ2) is 9.15. The summed E-state index contributed by atoms with van der Waals surface area (Å²) < 4.78 is 37.7. The molecule has 2 aliphatic heterocycles. The lowest BCUT2D eigenvalue weighted by atomic mass is 9.72. The molecule has 3 aromatic rings. The van der Waals surface area contributed by atoms with E-state index in [2.05, 4.69) is 10.2 Å². The maximum absolute atomic E-state index is 13.7. The van der Waals surface area contributed by atoms with Gasteiger partial charge in [0.25, 0.3) is 5.91 Å². The van der Waals surface area contributed by atoms with E-state index in [1.165, 1.54) is 18.2 Å². The van der Waals surface area contributed by atoms with Gasteiger partial charge in [0.1, 0.15) is 13.1 Å². The van der Waals surface area contributed by atoms with Crippen LogP contribution in [-0.2, 0) is 15.0 Å². The van der Waals surface area contributed by atoms with E-state index in [0.717, 1.165) is 15.8 Å². The highest BCUT2D eigenvalue weighted by Crippen LogP contribution is 2.49. The van der Waals surface area contributed by atoms with Crippen molar-refractivity contribution in [1.29, 1.82) is 0 Å². The molecule has 2 aromatic carbocycles. The number of rotatable bonds is 5. The Morgan fingerprint density at radius 1 is 1.13 bits per heavy atom. The standard InChI is InChI=1S/C25H22F3N5O5/c26-25(27,28)13-29-19(34)12-33-18-3-1-2-16(22(36)37)20(18)24(23(33)38)6-8-32(9-7-24)21(35)14-4-5-17-15(10-14)11-30-31-17/h1-5,10-11H,6-9,12-13H2,(H,29,34)(H,30,31)(H,36,37). The Labute approximate surface area is 213 Å². The molecule has 1 spiro atoms. The zero-order valence-electron chi connectivity index (χ0n) is 19.8. The van der Waals surface area contributed by atoms with Crippen molar-refractivity contribution >= 4 is 40.3 Å². The molecule has 2 aliphatic rings. The predicted octanol–water partition coefficient (Wildman–Crippen LogP) is 2.46. The van der Waals surface area contributed by atoms with Gasteiger partial charge in [0.15, 0.2) is 0 Å². The molecule has 0 unspecified atom stereocenters. The molecule has 0 aliphatic carbocycles. The lowest BCUT2D eigenvalue weighted by Gasteiger charge is -2.39. The Hall–Kier alpha value is -4.42. The molecule has 0 radical (unpaired) electrons. The summed E-state index contributed by atoms with van der Waals surface area (Å²) in [4.78, 5) is 53.9. The van der Waals surface area contributed by atoms with Gasteiger partial charge in [-0.3, -0.25) is 19.5 Å². The summed E-state index contributed by atoms with van der Waals surface area (Å²) in [5.41, 5.74) is 0.129. The van der Waals surface area contributed by atoms with Crippen molar-refractivity contribution in [2.24, 2.45) is 0 Å². The zero-order valence-corrected chi connectivity index (χ0v) is 19.8. The van der Waals surface area contributed by atoms with Gasteiger partial charge in [-0.25, -0.2) is 4.79 Å². The summed E-state index contributed by atoms with van der Waals surface area (Å²) in [5.74, 6) is -3.13. The SMILES string of the molecule is O=C(CN1C(=O)C2(CCN(C(=O)c3ccc4[nH]ncc4c3)CC2)c2c(C(=O)O)cccc21)NCC(F)(F)F. The minimum Gasteiger partial charge on any atom is -0.478 e. The Morgan fingerprint density at radius 3 is 2.55 bits per heavy atom. The number of halogens is 3. The molecule has 1 fully saturated rings. The molecule has 0 bridgehead atoms. The molecule has 198 valence electrons. The van der Waals surface area contributed by atoms with Gasteiger partial charge in [0.2, 0.25) is 11.8 Å². The number of hydrogen-bond acceptors (Lipinski definition) is 5. The lowest BCUT2D eigenvalue weighted by Crippen LogP contribution is -2.51. The number of carbonyl (C=O) groups excluding carboxylic acids is 3. The third-order valence-corrected chi connectivity index (χ3v) is 7.08. The van der Waals surface area contributed by atoms with Crippen LogP contribution in [0, 0.1) is 0 Å². The number of amides is 3. The minimum absolute atomic E-state index is 0.0868. The van der Waals surface area contributed by atoms with Gasteiger partial charge in [0.05, 0.1) is 22.7 Å². The second-order valence-electron chi connectivity index (χ2n) is 9.33. The highest BCUT2D eigenvalue weighted by Gasteiger charge is 2.54. The van der Waals surface area contributed by atoms with Crippen LogP contribution in [0.25, 0.3) is 10.9 Å². The third kappa shape index (κ3) is 4.33. The lowest BCUT2D eigenvalue weighted by molar-refractivity contribution is -0.138. The molecule has 1 aromatic heterocycles. The summed E-state index contributed by atoms with van der Waals surface area (Å²) in [6.45, 7) is -1.98. The van der Waals surface area contributed by atoms with E-state index < -0.39 is 42.5 Å². The molecule has 3 N–H and O–H groups in total. The van der Waals surface area contributed by atoms with Gasteiger partial charge < -0.3 is 20.2 Å². The van der Waals surface area contributed by atoms with Gasteiger partial charge in [-0.2, -0.15) is 18.3 Å². The Morgan fingerprint density at radius 2 is 1.87 bits per heavy atom. The number of hydrogen-bond donors (Lipinski definition) is 3. The van der Waals surface area contributed by atoms with Gasteiger partial charge in [0, 0.05) is 35.3 Å². The topological polar surface area (TPSA) is 136 Å². The van der Waals surface area contributed by atoms with Gasteiger partial charge in [-0.15, -0.1) is 0 Å². The maximum Gasteiger partial charge on any atom is 0.405 e. The van der Waals surface area contributed by atoms with Crippen molar-refractivity contribution in [3.05, 3.63) is 59.3 Å². The number of nitrogens with zero attached hydrogens (tertiary/aromatic N) is 3. The molecular formula is C25H22F3N5O5. The molecular weight excluding hydrogens is 507 g/mol. The molecule has 10 nitrogen and oxygen atoms in total. The summed E-state index contributed by atoms with van der Waals surface area (Å²) in [5, 5.41) is 19.1. The summed E-state index contributed by atoms with van der Waals surface area (Å²) >= 11 is 0. The van der Waals surface area contributed by atoms with Crippen molar-refractivity contribution in [3.8, 4) is 0 Å². The molecule has 1 saturated heterocycles. The zero-order chi connectivity index (χ0) is 27.2. The van der Waals surface area contributed by atoms with Crippen LogP contribution in [0.15, 0.2) is 42.6 Å². The van der Waals surface area contributed by atoms with Crippen molar-refractivity contribution < 1.29 is 37.5 Å². The Kier molecular flexibility index (Phi) is 6.08. The number of carboxylic acids is 1. The molecule has 13 heteroatoms. The average molecular weight is 529 g/mol. The summed E-state index contributed by atoms with van der Waals surface area (Å²) in [7, 11) is 0. The van der Waals surface area contributed by atoms with Crippen LogP contribution in [0.4, 0.5) is 18.9 Å². The average Bonchev–Trinajstić information content (AvgIpc) is 3.44. The fourth-order valence-corrected chi connectivity index (χ4v) is 5.29. The highest BCUT2D eigenvalue weighted by molar-refractivity contribution is 6.13. The monoisotopic (exact) mass is 529 g/mol. The number of H-pyrrole nitrogens is 1. The largest absolute Gasteiger partial charge is 0.478 e. The highest BCUT2D eigenvalue weighted by atomic mass is 19.4. The molecule has 5 rings (SSSR count). The van der Waals surface area contributed by atoms with E-state index in [9.17, 15) is 37.5 Å². The quantitative estimate of drug-likeness (QED) is 0.465. The smallest absolute Gasteiger partial charge is 0.405 e. The fraction of sp³-hybridized carbons (Fsp3) is 0.320. The van der Waals surface area contributed by atoms with Crippen molar-refractivity contribution in [2.45, 2.75) is 24.4 Å². The number of carboxylic acid groups (broad SMARTS) is 1. The van der Waals surface area contributed by atoms with E-state index in [1.54, 1.807) is 34.6 Å². The first-order valence-electron chi connectivity index (χ1n) is 11.7. The molecule has 38 heavy (non-hydrogen) atoms. The van der Waals surface area contributed by atoms with Gasteiger partial charge in [-0.1, -0.05) is 6.07 Å². The van der Waals surface area contributed by atoms with Gasteiger partial charge in [-0.05, 0) is 43.2 Å². The maximum atomic E-state index is 13.7. The van der Waals surface area contributed by atoms with Crippen molar-refractivity contribution in [1.82, 2.24) is 20.4 Å². The van der Waals surface area contributed by atoms with Crippen LogP contribution < -0.4 is 10.2 Å². The fourth-order valence-electron chi connectivity index (χ4n) is 5.29. The number of likely N-dealkylation sites (tertiary alicyclic amines) is 1. The predicted molar refractivity (Wildman–Crippen MR) is 128 cm³/mol. The molecule has 0 saturated carbocycles. The first kappa shape index (κ1) is 25.2. The molecule has 3 amide bonds. The molecule has 3 heterocycles. The number of aromatic amines is 1. The number of alkyl halides is 3. The number of piperidine rings is 1. The first-order valence-corrected chi connectivity index (χ1v) is 11.7. The van der Waals surface area contributed by atoms with Crippen LogP contribution in [0.5, 0.6) is 0 Å². The van der Waals surface area contributed by atoms with E-state index >= 15 is 0 Å². The van der Waals surface area contributed by atoms with Crippen LogP contribution in [-0.4, -0.2) is 76.2 Å². The van der Waals surface area contributed by atoms with Crippen LogP contribution in [0.1, 0.15) is 39.1 Å². The van der Waals surface area contributed by atoms with Crippen LogP contribution in [0.2, 0.25) is 0 Å². The summed E-state index contributed by atoms with van der Waals surface area (Å²) in [6.07, 6.45) is -2.85. The van der Waals surface area contributed by atoms with Gasteiger partial charge >= 0.3 is 12.1 Å². The van der Waals surface area contributed by atoms with Crippen LogP contribution in [0.3, 0.4) is 0 Å². The summed E-state index contributed by atoms with van der Waals surface area (Å²) in [6, 6.07) is 9.33. The van der Waals surface area contributed by atoms with Crippen molar-refractivity contribution in [2.75, 3.05) is 31.1 Å².